The summed E-state index contributed by atoms with van der Waals surface area (Å²) in [6.45, 7) is 0. The van der Waals surface area contributed by atoms with E-state index in [-0.39, 0.29) is 5.56 Å². The molecule has 3 nitrogen and oxygen atoms in total. The maximum Gasteiger partial charge on any atom is 0.347 e. The largest absolute Gasteiger partial charge is 0.422 e. The number of carbonyl (C=O) groups excluding carboxylic acids is 1. The molecule has 1 heterocycles. The number of hydrogen-bond acceptors (Lipinski definition) is 3. The summed E-state index contributed by atoms with van der Waals surface area (Å²) in [5.41, 5.74) is 0.557. The molecule has 0 saturated carbocycles. The minimum atomic E-state index is -0.652. The predicted octanol–water partition coefficient (Wildman–Crippen LogP) is 5.11. The monoisotopic (exact) mass is 388 g/mol. The minimum absolute atomic E-state index is 0.00567. The molecule has 0 fully saturated rings. The second-order valence-electron chi connectivity index (χ2n) is 4.88. The zero-order valence-corrected chi connectivity index (χ0v) is 14.1. The molecule has 0 aliphatic carbocycles. The standard InChI is InChI=1S/C18H10BrClO3/c19-13-5-7-17-12(9-13)10-15(18(22)23-17)16(21)6-4-11-2-1-3-14(20)8-11/h1-10H/b6-4+. The lowest BCUT2D eigenvalue weighted by Gasteiger charge is -2.00. The molecule has 0 N–H and O–H groups in total. The molecule has 0 radical (unpaired) electrons. The van der Waals surface area contributed by atoms with Gasteiger partial charge in [0.05, 0.1) is 0 Å². The third-order valence-electron chi connectivity index (χ3n) is 3.24. The highest BCUT2D eigenvalue weighted by molar-refractivity contribution is 9.10. The van der Waals surface area contributed by atoms with Crippen LogP contribution < -0.4 is 5.63 Å². The molecular formula is C18H10BrClO3. The van der Waals surface area contributed by atoms with E-state index < -0.39 is 11.4 Å². The van der Waals surface area contributed by atoms with Crippen molar-refractivity contribution in [3.63, 3.8) is 0 Å². The van der Waals surface area contributed by atoms with Crippen LogP contribution in [0.2, 0.25) is 5.02 Å². The summed E-state index contributed by atoms with van der Waals surface area (Å²) in [7, 11) is 0. The van der Waals surface area contributed by atoms with E-state index in [1.165, 1.54) is 12.1 Å². The topological polar surface area (TPSA) is 47.3 Å². The van der Waals surface area contributed by atoms with Gasteiger partial charge in [0, 0.05) is 14.9 Å². The lowest BCUT2D eigenvalue weighted by atomic mass is 10.1. The van der Waals surface area contributed by atoms with Gasteiger partial charge in [0.15, 0.2) is 5.78 Å². The van der Waals surface area contributed by atoms with Crippen LogP contribution in [0, 0.1) is 0 Å². The van der Waals surface area contributed by atoms with Gasteiger partial charge in [0.2, 0.25) is 0 Å². The first-order valence-electron chi connectivity index (χ1n) is 6.74. The van der Waals surface area contributed by atoms with Crippen molar-refractivity contribution >= 4 is 50.4 Å². The maximum atomic E-state index is 12.3. The number of halogens is 2. The van der Waals surface area contributed by atoms with Crippen LogP contribution in [0.1, 0.15) is 15.9 Å². The van der Waals surface area contributed by atoms with Crippen LogP contribution >= 0.6 is 27.5 Å². The molecule has 0 aliphatic heterocycles. The van der Waals surface area contributed by atoms with Gasteiger partial charge >= 0.3 is 5.63 Å². The van der Waals surface area contributed by atoms with Gasteiger partial charge in [-0.1, -0.05) is 45.7 Å². The van der Waals surface area contributed by atoms with E-state index in [1.807, 2.05) is 6.07 Å². The van der Waals surface area contributed by atoms with Crippen molar-refractivity contribution in [2.75, 3.05) is 0 Å². The Kier molecular flexibility index (Phi) is 4.46. The van der Waals surface area contributed by atoms with E-state index in [1.54, 1.807) is 42.5 Å². The fourth-order valence-corrected chi connectivity index (χ4v) is 2.72. The first kappa shape index (κ1) is 15.7. The van der Waals surface area contributed by atoms with Crippen LogP contribution in [0.3, 0.4) is 0 Å². The highest BCUT2D eigenvalue weighted by Gasteiger charge is 2.11. The number of benzene rings is 2. The van der Waals surface area contributed by atoms with Crippen LogP contribution in [0.25, 0.3) is 17.0 Å². The predicted molar refractivity (Wildman–Crippen MR) is 95.0 cm³/mol. The molecule has 114 valence electrons. The molecule has 2 aromatic carbocycles. The van der Waals surface area contributed by atoms with Crippen LogP contribution in [0.15, 0.2) is 68.3 Å². The lowest BCUT2D eigenvalue weighted by molar-refractivity contribution is 0.104. The third kappa shape index (κ3) is 3.60. The van der Waals surface area contributed by atoms with Gasteiger partial charge in [-0.15, -0.1) is 0 Å². The van der Waals surface area contributed by atoms with Crippen molar-refractivity contribution < 1.29 is 9.21 Å². The molecule has 0 bridgehead atoms. The Hall–Kier alpha value is -2.17. The minimum Gasteiger partial charge on any atom is -0.422 e. The van der Waals surface area contributed by atoms with Crippen LogP contribution in [-0.2, 0) is 0 Å². The summed E-state index contributed by atoms with van der Waals surface area (Å²) in [5, 5.41) is 1.26. The maximum absolute atomic E-state index is 12.3. The average molecular weight is 390 g/mol. The van der Waals surface area contributed by atoms with Crippen LogP contribution in [0.5, 0.6) is 0 Å². The number of fused-ring (bicyclic) bond motifs is 1. The average Bonchev–Trinajstić information content (AvgIpc) is 2.52. The van der Waals surface area contributed by atoms with Gasteiger partial charge < -0.3 is 4.42 Å². The Balaban J connectivity index is 1.97. The van der Waals surface area contributed by atoms with Gasteiger partial charge in [-0.3, -0.25) is 4.79 Å². The van der Waals surface area contributed by atoms with E-state index in [9.17, 15) is 9.59 Å². The van der Waals surface area contributed by atoms with E-state index >= 15 is 0 Å². The highest BCUT2D eigenvalue weighted by atomic mass is 79.9. The molecule has 3 rings (SSSR count). The summed E-state index contributed by atoms with van der Waals surface area (Å²) < 4.78 is 6.03. The zero-order chi connectivity index (χ0) is 16.4. The Morgan fingerprint density at radius 2 is 1.96 bits per heavy atom. The molecule has 1 aromatic heterocycles. The normalized spacial score (nSPS) is 11.2. The molecule has 3 aromatic rings. The van der Waals surface area contributed by atoms with Crippen LogP contribution in [0.4, 0.5) is 0 Å². The molecule has 0 atom stereocenters. The molecular weight excluding hydrogens is 380 g/mol. The summed E-state index contributed by atoms with van der Waals surface area (Å²) in [6, 6.07) is 13.8. The van der Waals surface area contributed by atoms with E-state index in [0.717, 1.165) is 10.0 Å². The fourth-order valence-electron chi connectivity index (χ4n) is 2.14. The summed E-state index contributed by atoms with van der Waals surface area (Å²) in [4.78, 5) is 24.2. The molecule has 0 aliphatic rings. The van der Waals surface area contributed by atoms with Gasteiger partial charge in [0.1, 0.15) is 11.1 Å². The Morgan fingerprint density at radius 3 is 2.74 bits per heavy atom. The van der Waals surface area contributed by atoms with Crippen molar-refractivity contribution in [2.45, 2.75) is 0 Å². The summed E-state index contributed by atoms with van der Waals surface area (Å²) >= 11 is 9.24. The number of carbonyl (C=O) groups is 1. The number of rotatable bonds is 3. The zero-order valence-electron chi connectivity index (χ0n) is 11.8. The van der Waals surface area contributed by atoms with Gasteiger partial charge in [-0.05, 0) is 48.0 Å². The number of hydrogen-bond donors (Lipinski definition) is 0. The third-order valence-corrected chi connectivity index (χ3v) is 3.96. The summed E-state index contributed by atoms with van der Waals surface area (Å²) in [5.74, 6) is -0.416. The van der Waals surface area contributed by atoms with Gasteiger partial charge in [-0.2, -0.15) is 0 Å². The number of allylic oxidation sites excluding steroid dienone is 1. The second-order valence-corrected chi connectivity index (χ2v) is 6.23. The molecule has 0 saturated heterocycles. The van der Waals surface area contributed by atoms with E-state index in [2.05, 4.69) is 15.9 Å². The summed E-state index contributed by atoms with van der Waals surface area (Å²) in [6.07, 6.45) is 2.94. The lowest BCUT2D eigenvalue weighted by Crippen LogP contribution is -2.11. The molecule has 0 spiro atoms. The van der Waals surface area contributed by atoms with Crippen molar-refractivity contribution in [3.05, 3.63) is 85.6 Å². The van der Waals surface area contributed by atoms with E-state index in [0.29, 0.717) is 16.0 Å². The van der Waals surface area contributed by atoms with Crippen molar-refractivity contribution in [1.82, 2.24) is 0 Å². The molecule has 0 amide bonds. The van der Waals surface area contributed by atoms with Gasteiger partial charge in [-0.25, -0.2) is 4.79 Å². The molecule has 5 heteroatoms. The first-order valence-corrected chi connectivity index (χ1v) is 7.91. The first-order chi connectivity index (χ1) is 11.0. The highest BCUT2D eigenvalue weighted by Crippen LogP contribution is 2.19. The smallest absolute Gasteiger partial charge is 0.347 e. The Bertz CT molecular complexity index is 989. The van der Waals surface area contributed by atoms with Crippen molar-refractivity contribution in [2.24, 2.45) is 0 Å². The van der Waals surface area contributed by atoms with Crippen molar-refractivity contribution in [3.8, 4) is 0 Å². The van der Waals surface area contributed by atoms with Crippen LogP contribution in [-0.4, -0.2) is 5.78 Å². The quantitative estimate of drug-likeness (QED) is 0.355. The SMILES string of the molecule is O=C(/C=C/c1cccc(Cl)c1)c1cc2cc(Br)ccc2oc1=O. The fraction of sp³-hybridized carbons (Fsp3) is 0. The number of ketones is 1. The molecule has 0 unspecified atom stereocenters. The Morgan fingerprint density at radius 1 is 1.13 bits per heavy atom. The van der Waals surface area contributed by atoms with Gasteiger partial charge in [0.25, 0.3) is 0 Å². The van der Waals surface area contributed by atoms with Crippen molar-refractivity contribution in [1.29, 1.82) is 0 Å². The van der Waals surface area contributed by atoms with E-state index in [4.69, 9.17) is 16.0 Å². The Labute approximate surface area is 145 Å². The second kappa shape index (κ2) is 6.52. The molecule has 23 heavy (non-hydrogen) atoms.